The first-order valence-corrected chi connectivity index (χ1v) is 5.51. The van der Waals surface area contributed by atoms with Crippen molar-refractivity contribution in [2.75, 3.05) is 7.11 Å². The summed E-state index contributed by atoms with van der Waals surface area (Å²) in [7, 11) is 1.00. The summed E-state index contributed by atoms with van der Waals surface area (Å²) < 4.78 is 0. The minimum Gasteiger partial charge on any atom is -0.478 e. The maximum absolute atomic E-state index is 10.6. The fourth-order valence-electron chi connectivity index (χ4n) is 1.39. The van der Waals surface area contributed by atoms with E-state index in [1.54, 1.807) is 12.1 Å². The van der Waals surface area contributed by atoms with Crippen LogP contribution in [0.2, 0.25) is 0 Å². The molecule has 16 heavy (non-hydrogen) atoms. The van der Waals surface area contributed by atoms with Crippen LogP contribution in [-0.4, -0.2) is 23.3 Å². The van der Waals surface area contributed by atoms with Gasteiger partial charge in [-0.1, -0.05) is 31.9 Å². The third kappa shape index (κ3) is 5.51. The summed E-state index contributed by atoms with van der Waals surface area (Å²) in [6.07, 6.45) is 4.69. The number of aryl methyl sites for hydroxylation is 1. The molecular weight excluding hydrogens is 204 g/mol. The summed E-state index contributed by atoms with van der Waals surface area (Å²) in [5, 5.41) is 15.7. The van der Waals surface area contributed by atoms with Crippen molar-refractivity contribution >= 4 is 5.97 Å². The van der Waals surface area contributed by atoms with Crippen molar-refractivity contribution in [3.8, 4) is 0 Å². The molecule has 1 aromatic rings. The maximum Gasteiger partial charge on any atom is 0.335 e. The molecule has 1 aromatic carbocycles. The molecule has 0 atom stereocenters. The Hall–Kier alpha value is -1.35. The summed E-state index contributed by atoms with van der Waals surface area (Å²) in [4.78, 5) is 10.6. The van der Waals surface area contributed by atoms with Crippen molar-refractivity contribution in [3.63, 3.8) is 0 Å². The number of rotatable bonds is 5. The summed E-state index contributed by atoms with van der Waals surface area (Å²) in [5.74, 6) is -0.856. The lowest BCUT2D eigenvalue weighted by atomic mass is 10.1. The molecule has 0 aliphatic heterocycles. The first kappa shape index (κ1) is 14.6. The van der Waals surface area contributed by atoms with Crippen molar-refractivity contribution in [1.82, 2.24) is 0 Å². The van der Waals surface area contributed by atoms with Crippen LogP contribution < -0.4 is 0 Å². The van der Waals surface area contributed by atoms with Crippen LogP contribution in [0, 0.1) is 0 Å². The minimum absolute atomic E-state index is 0.365. The van der Waals surface area contributed by atoms with Gasteiger partial charge >= 0.3 is 5.97 Å². The third-order valence-electron chi connectivity index (χ3n) is 2.27. The third-order valence-corrected chi connectivity index (χ3v) is 2.27. The highest BCUT2D eigenvalue weighted by Crippen LogP contribution is 2.08. The highest BCUT2D eigenvalue weighted by Gasteiger charge is 2.00. The standard InChI is InChI=1S/C12H16O2.CH4O/c1-2-3-4-5-10-6-8-11(9-7-10)12(13)14;1-2/h6-9H,2-5H2,1H3,(H,13,14);2H,1H3. The highest BCUT2D eigenvalue weighted by atomic mass is 16.4. The SMILES string of the molecule is CCCCCc1ccc(C(=O)O)cc1.CO. The van der Waals surface area contributed by atoms with Crippen LogP contribution in [0.3, 0.4) is 0 Å². The summed E-state index contributed by atoms with van der Waals surface area (Å²) >= 11 is 0. The topological polar surface area (TPSA) is 57.5 Å². The number of aliphatic hydroxyl groups is 1. The van der Waals surface area contributed by atoms with E-state index in [0.717, 1.165) is 13.5 Å². The average molecular weight is 224 g/mol. The van der Waals surface area contributed by atoms with Crippen molar-refractivity contribution in [3.05, 3.63) is 35.4 Å². The molecule has 0 saturated carbocycles. The van der Waals surface area contributed by atoms with Gasteiger partial charge in [0.1, 0.15) is 0 Å². The van der Waals surface area contributed by atoms with Gasteiger partial charge in [0, 0.05) is 7.11 Å². The van der Waals surface area contributed by atoms with Gasteiger partial charge in [0.25, 0.3) is 0 Å². The predicted molar refractivity (Wildman–Crippen MR) is 64.8 cm³/mol. The van der Waals surface area contributed by atoms with Crippen LogP contribution in [-0.2, 0) is 6.42 Å². The Morgan fingerprint density at radius 1 is 1.12 bits per heavy atom. The average Bonchev–Trinajstić information content (AvgIpc) is 2.33. The van der Waals surface area contributed by atoms with Gasteiger partial charge in [-0.05, 0) is 30.5 Å². The first-order chi connectivity index (χ1) is 7.74. The Balaban J connectivity index is 0.00000106. The molecule has 0 radical (unpaired) electrons. The van der Waals surface area contributed by atoms with Gasteiger partial charge in [-0.2, -0.15) is 0 Å². The molecule has 1 rings (SSSR count). The number of carboxylic acid groups (broad SMARTS) is 1. The fourth-order valence-corrected chi connectivity index (χ4v) is 1.39. The van der Waals surface area contributed by atoms with Crippen LogP contribution in [0.4, 0.5) is 0 Å². The number of hydrogen-bond donors (Lipinski definition) is 2. The number of unbranched alkanes of at least 4 members (excludes halogenated alkanes) is 2. The molecule has 0 bridgehead atoms. The Kier molecular flexibility index (Phi) is 8.17. The van der Waals surface area contributed by atoms with E-state index in [2.05, 4.69) is 6.92 Å². The predicted octanol–water partition coefficient (Wildman–Crippen LogP) is 2.73. The van der Waals surface area contributed by atoms with Crippen LogP contribution in [0.1, 0.15) is 42.1 Å². The number of carboxylic acids is 1. The second-order valence-corrected chi connectivity index (χ2v) is 3.46. The number of aromatic carboxylic acids is 1. The van der Waals surface area contributed by atoms with Crippen LogP contribution in [0.25, 0.3) is 0 Å². The van der Waals surface area contributed by atoms with Crippen molar-refractivity contribution < 1.29 is 15.0 Å². The summed E-state index contributed by atoms with van der Waals surface area (Å²) in [6.45, 7) is 2.17. The molecule has 0 unspecified atom stereocenters. The van der Waals surface area contributed by atoms with E-state index >= 15 is 0 Å². The molecule has 0 spiro atoms. The van der Waals surface area contributed by atoms with Gasteiger partial charge in [-0.25, -0.2) is 4.79 Å². The van der Waals surface area contributed by atoms with E-state index in [0.29, 0.717) is 5.56 Å². The second kappa shape index (κ2) is 8.92. The minimum atomic E-state index is -0.856. The molecule has 0 aromatic heterocycles. The number of benzene rings is 1. The molecule has 0 aliphatic carbocycles. The zero-order chi connectivity index (χ0) is 12.4. The fraction of sp³-hybridized carbons (Fsp3) is 0.462. The van der Waals surface area contributed by atoms with E-state index in [1.807, 2.05) is 12.1 Å². The molecule has 90 valence electrons. The van der Waals surface area contributed by atoms with E-state index in [9.17, 15) is 4.79 Å². The molecule has 0 saturated heterocycles. The second-order valence-electron chi connectivity index (χ2n) is 3.46. The van der Waals surface area contributed by atoms with E-state index in [-0.39, 0.29) is 0 Å². The lowest BCUT2D eigenvalue weighted by Gasteiger charge is -2.00. The normalized spacial score (nSPS) is 9.19. The lowest BCUT2D eigenvalue weighted by Crippen LogP contribution is -1.96. The summed E-state index contributed by atoms with van der Waals surface area (Å²) in [6, 6.07) is 7.14. The smallest absolute Gasteiger partial charge is 0.335 e. The van der Waals surface area contributed by atoms with Gasteiger partial charge in [-0.15, -0.1) is 0 Å². The van der Waals surface area contributed by atoms with Crippen LogP contribution in [0.15, 0.2) is 24.3 Å². The van der Waals surface area contributed by atoms with Crippen molar-refractivity contribution in [2.24, 2.45) is 0 Å². The molecular formula is C13H20O3. The number of hydrogen-bond acceptors (Lipinski definition) is 2. The van der Waals surface area contributed by atoms with Gasteiger partial charge in [0.15, 0.2) is 0 Å². The Bertz CT molecular complexity index is 291. The van der Waals surface area contributed by atoms with Crippen molar-refractivity contribution in [2.45, 2.75) is 32.6 Å². The van der Waals surface area contributed by atoms with E-state index in [4.69, 9.17) is 10.2 Å². The van der Waals surface area contributed by atoms with Crippen LogP contribution in [0.5, 0.6) is 0 Å². The zero-order valence-electron chi connectivity index (χ0n) is 9.94. The summed E-state index contributed by atoms with van der Waals surface area (Å²) in [5.41, 5.74) is 1.59. The number of carbonyl (C=O) groups is 1. The number of aliphatic hydroxyl groups excluding tert-OH is 1. The lowest BCUT2D eigenvalue weighted by molar-refractivity contribution is 0.0697. The Morgan fingerprint density at radius 3 is 2.12 bits per heavy atom. The molecule has 2 N–H and O–H groups in total. The zero-order valence-corrected chi connectivity index (χ0v) is 9.94. The molecule has 0 heterocycles. The molecule has 3 nitrogen and oxygen atoms in total. The molecule has 0 amide bonds. The van der Waals surface area contributed by atoms with Crippen LogP contribution >= 0.6 is 0 Å². The largest absolute Gasteiger partial charge is 0.478 e. The van der Waals surface area contributed by atoms with E-state index < -0.39 is 5.97 Å². The van der Waals surface area contributed by atoms with Gasteiger partial charge < -0.3 is 10.2 Å². The maximum atomic E-state index is 10.6. The van der Waals surface area contributed by atoms with Gasteiger partial charge in [-0.3, -0.25) is 0 Å². The van der Waals surface area contributed by atoms with E-state index in [1.165, 1.54) is 24.8 Å². The van der Waals surface area contributed by atoms with Crippen molar-refractivity contribution in [1.29, 1.82) is 0 Å². The molecule has 0 aliphatic rings. The van der Waals surface area contributed by atoms with Gasteiger partial charge in [0.05, 0.1) is 5.56 Å². The van der Waals surface area contributed by atoms with Gasteiger partial charge in [0.2, 0.25) is 0 Å². The Labute approximate surface area is 96.7 Å². The Morgan fingerprint density at radius 2 is 1.69 bits per heavy atom. The highest BCUT2D eigenvalue weighted by molar-refractivity contribution is 5.87. The molecule has 3 heteroatoms. The quantitative estimate of drug-likeness (QED) is 0.756. The monoisotopic (exact) mass is 224 g/mol. The first-order valence-electron chi connectivity index (χ1n) is 5.51. The molecule has 0 fully saturated rings.